The Hall–Kier alpha value is -1.04. The third kappa shape index (κ3) is 5.02. The van der Waals surface area contributed by atoms with Gasteiger partial charge in [0, 0.05) is 28.9 Å². The van der Waals surface area contributed by atoms with E-state index in [4.69, 9.17) is 5.11 Å². The van der Waals surface area contributed by atoms with Crippen LogP contribution in [0.3, 0.4) is 0 Å². The Morgan fingerprint density at radius 2 is 1.90 bits per heavy atom. The summed E-state index contributed by atoms with van der Waals surface area (Å²) in [5.74, 6) is 1.76. The smallest absolute Gasteiger partial charge is 0.251 e. The quantitative estimate of drug-likeness (QED) is 0.736. The molecule has 0 aliphatic heterocycles. The molecule has 0 heterocycles. The molecule has 0 saturated carbocycles. The summed E-state index contributed by atoms with van der Waals surface area (Å²) in [6.07, 6.45) is 0.804. The maximum atomic E-state index is 12.1. The summed E-state index contributed by atoms with van der Waals surface area (Å²) in [5.41, 5.74) is 0.685. The van der Waals surface area contributed by atoms with Crippen molar-refractivity contribution in [2.24, 2.45) is 0 Å². The number of hydrogen-bond acceptors (Lipinski definition) is 3. The summed E-state index contributed by atoms with van der Waals surface area (Å²) in [6, 6.07) is 11.7. The molecule has 0 aromatic heterocycles. The van der Waals surface area contributed by atoms with Crippen molar-refractivity contribution < 1.29 is 9.90 Å². The van der Waals surface area contributed by atoms with Crippen LogP contribution in [0.5, 0.6) is 0 Å². The van der Waals surface area contributed by atoms with Crippen LogP contribution < -0.4 is 5.32 Å². The Morgan fingerprint density at radius 1 is 1.14 bits per heavy atom. The van der Waals surface area contributed by atoms with E-state index in [1.807, 2.05) is 36.4 Å². The van der Waals surface area contributed by atoms with Crippen LogP contribution in [0.25, 0.3) is 10.8 Å². The molecule has 0 saturated heterocycles. The number of benzene rings is 2. The lowest BCUT2D eigenvalue weighted by atomic mass is 10.1. The van der Waals surface area contributed by atoms with Gasteiger partial charge in [-0.05, 0) is 47.2 Å². The molecule has 0 aliphatic rings. The van der Waals surface area contributed by atoms with Crippen LogP contribution in [0.2, 0.25) is 0 Å². The Bertz CT molecular complexity index is 618. The van der Waals surface area contributed by atoms with Crippen LogP contribution in [0.4, 0.5) is 0 Å². The van der Waals surface area contributed by atoms with Crippen LogP contribution >= 0.6 is 27.7 Å². The van der Waals surface area contributed by atoms with E-state index >= 15 is 0 Å². The number of thioether (sulfide) groups is 1. The third-order valence-corrected chi connectivity index (χ3v) is 4.61. The van der Waals surface area contributed by atoms with Crippen molar-refractivity contribution in [3.8, 4) is 0 Å². The topological polar surface area (TPSA) is 49.3 Å². The van der Waals surface area contributed by atoms with Gasteiger partial charge in [-0.1, -0.05) is 28.1 Å². The lowest BCUT2D eigenvalue weighted by molar-refractivity contribution is 0.0956. The van der Waals surface area contributed by atoms with Gasteiger partial charge in [-0.25, -0.2) is 0 Å². The zero-order valence-electron chi connectivity index (χ0n) is 11.6. The summed E-state index contributed by atoms with van der Waals surface area (Å²) in [6.45, 7) is 0.875. The first kappa shape index (κ1) is 16.3. The SMILES string of the molecule is O=C(NCCSCCCO)c1ccc2cc(Br)ccc2c1. The maximum Gasteiger partial charge on any atom is 0.251 e. The van der Waals surface area contributed by atoms with E-state index in [9.17, 15) is 4.79 Å². The summed E-state index contributed by atoms with van der Waals surface area (Å²) in [7, 11) is 0. The predicted octanol–water partition coefficient (Wildman–Crippen LogP) is 3.45. The van der Waals surface area contributed by atoms with Gasteiger partial charge in [0.1, 0.15) is 0 Å². The van der Waals surface area contributed by atoms with E-state index in [1.165, 1.54) is 0 Å². The molecule has 21 heavy (non-hydrogen) atoms. The van der Waals surface area contributed by atoms with E-state index in [1.54, 1.807) is 11.8 Å². The monoisotopic (exact) mass is 367 g/mol. The van der Waals surface area contributed by atoms with E-state index in [-0.39, 0.29) is 12.5 Å². The number of rotatable bonds is 7. The van der Waals surface area contributed by atoms with Crippen molar-refractivity contribution in [2.45, 2.75) is 6.42 Å². The van der Waals surface area contributed by atoms with Gasteiger partial charge in [-0.15, -0.1) is 0 Å². The molecule has 2 N–H and O–H groups in total. The molecular weight excluding hydrogens is 350 g/mol. The number of fused-ring (bicyclic) bond motifs is 1. The molecule has 3 nitrogen and oxygen atoms in total. The second kappa shape index (κ2) is 8.41. The summed E-state index contributed by atoms with van der Waals surface area (Å²) in [4.78, 5) is 12.1. The van der Waals surface area contributed by atoms with Gasteiger partial charge < -0.3 is 10.4 Å². The molecule has 5 heteroatoms. The number of aliphatic hydroxyl groups excluding tert-OH is 1. The standard InChI is InChI=1S/C16H18BrNO2S/c17-15-5-4-12-10-14(3-2-13(12)11-15)16(20)18-6-9-21-8-1-7-19/h2-5,10-11,19H,1,6-9H2,(H,18,20). The average Bonchev–Trinajstić information content (AvgIpc) is 2.50. The molecule has 2 rings (SSSR count). The van der Waals surface area contributed by atoms with Crippen LogP contribution in [0.15, 0.2) is 40.9 Å². The molecule has 0 fully saturated rings. The first-order chi connectivity index (χ1) is 10.2. The minimum Gasteiger partial charge on any atom is -0.396 e. The maximum absolute atomic E-state index is 12.1. The van der Waals surface area contributed by atoms with Gasteiger partial charge in [0.2, 0.25) is 0 Å². The molecular formula is C16H18BrNO2S. The Labute approximate surface area is 137 Å². The molecule has 0 unspecified atom stereocenters. The lowest BCUT2D eigenvalue weighted by Crippen LogP contribution is -2.25. The molecule has 0 spiro atoms. The van der Waals surface area contributed by atoms with E-state index in [2.05, 4.69) is 21.2 Å². The Kier molecular flexibility index (Phi) is 6.54. The molecule has 0 atom stereocenters. The van der Waals surface area contributed by atoms with Crippen LogP contribution in [0.1, 0.15) is 16.8 Å². The highest BCUT2D eigenvalue weighted by atomic mass is 79.9. The van der Waals surface area contributed by atoms with Crippen molar-refractivity contribution in [1.82, 2.24) is 5.32 Å². The second-order valence-corrected chi connectivity index (χ2v) is 6.79. The number of carbonyl (C=O) groups is 1. The fourth-order valence-electron chi connectivity index (χ4n) is 1.97. The van der Waals surface area contributed by atoms with Crippen molar-refractivity contribution >= 4 is 44.4 Å². The van der Waals surface area contributed by atoms with Crippen LogP contribution in [0, 0.1) is 0 Å². The third-order valence-electron chi connectivity index (χ3n) is 3.04. The summed E-state index contributed by atoms with van der Waals surface area (Å²) < 4.78 is 1.03. The first-order valence-electron chi connectivity index (χ1n) is 6.87. The number of hydrogen-bond donors (Lipinski definition) is 2. The summed E-state index contributed by atoms with van der Waals surface area (Å²) in [5, 5.41) is 13.8. The number of carbonyl (C=O) groups excluding carboxylic acids is 1. The number of nitrogens with one attached hydrogen (secondary N) is 1. The largest absolute Gasteiger partial charge is 0.396 e. The van der Waals surface area contributed by atoms with Crippen LogP contribution in [-0.2, 0) is 0 Å². The highest BCUT2D eigenvalue weighted by molar-refractivity contribution is 9.10. The van der Waals surface area contributed by atoms with E-state index in [0.29, 0.717) is 12.1 Å². The Morgan fingerprint density at radius 3 is 2.71 bits per heavy atom. The molecule has 2 aromatic carbocycles. The molecule has 0 aliphatic carbocycles. The minimum atomic E-state index is -0.0393. The zero-order valence-corrected chi connectivity index (χ0v) is 14.0. The zero-order chi connectivity index (χ0) is 15.1. The first-order valence-corrected chi connectivity index (χ1v) is 8.81. The van der Waals surface area contributed by atoms with Gasteiger partial charge in [-0.2, -0.15) is 11.8 Å². The van der Waals surface area contributed by atoms with Gasteiger partial charge in [0.25, 0.3) is 5.91 Å². The van der Waals surface area contributed by atoms with Crippen molar-refractivity contribution in [3.05, 3.63) is 46.4 Å². The second-order valence-electron chi connectivity index (χ2n) is 4.65. The highest BCUT2D eigenvalue weighted by Crippen LogP contribution is 2.20. The van der Waals surface area contributed by atoms with Crippen molar-refractivity contribution in [1.29, 1.82) is 0 Å². The van der Waals surface area contributed by atoms with Gasteiger partial charge in [0.15, 0.2) is 0 Å². The Balaban J connectivity index is 1.89. The number of halogens is 1. The molecule has 1 amide bonds. The number of aliphatic hydroxyl groups is 1. The summed E-state index contributed by atoms with van der Waals surface area (Å²) >= 11 is 5.18. The normalized spacial score (nSPS) is 10.8. The molecule has 0 radical (unpaired) electrons. The van der Waals surface area contributed by atoms with E-state index < -0.39 is 0 Å². The fourth-order valence-corrected chi connectivity index (χ4v) is 3.13. The lowest BCUT2D eigenvalue weighted by Gasteiger charge is -2.06. The number of amides is 1. The van der Waals surface area contributed by atoms with Crippen LogP contribution in [-0.4, -0.2) is 35.7 Å². The van der Waals surface area contributed by atoms with Crippen molar-refractivity contribution in [3.63, 3.8) is 0 Å². The average molecular weight is 368 g/mol. The predicted molar refractivity (Wildman–Crippen MR) is 93.0 cm³/mol. The van der Waals surface area contributed by atoms with Crippen molar-refractivity contribution in [2.75, 3.05) is 24.7 Å². The van der Waals surface area contributed by atoms with Gasteiger partial charge >= 0.3 is 0 Å². The van der Waals surface area contributed by atoms with E-state index in [0.717, 1.165) is 33.2 Å². The highest BCUT2D eigenvalue weighted by Gasteiger charge is 2.06. The van der Waals surface area contributed by atoms with Gasteiger partial charge in [-0.3, -0.25) is 4.79 Å². The molecule has 2 aromatic rings. The fraction of sp³-hybridized carbons (Fsp3) is 0.312. The minimum absolute atomic E-state index is 0.0393. The van der Waals surface area contributed by atoms with Gasteiger partial charge in [0.05, 0.1) is 0 Å². The molecule has 112 valence electrons. The molecule has 0 bridgehead atoms.